The van der Waals surface area contributed by atoms with Gasteiger partial charge in [0.2, 0.25) is 15.9 Å². The molecule has 1 amide bonds. The van der Waals surface area contributed by atoms with Gasteiger partial charge in [-0.25, -0.2) is 13.4 Å². The zero-order valence-electron chi connectivity index (χ0n) is 18.5. The van der Waals surface area contributed by atoms with Crippen molar-refractivity contribution in [3.63, 3.8) is 0 Å². The Kier molecular flexibility index (Phi) is 6.50. The molecule has 0 saturated carbocycles. The average molecular weight is 441 g/mol. The van der Waals surface area contributed by atoms with Gasteiger partial charge in [0.15, 0.2) is 0 Å². The van der Waals surface area contributed by atoms with Crippen molar-refractivity contribution in [3.05, 3.63) is 77.4 Å². The van der Waals surface area contributed by atoms with Crippen molar-refractivity contribution in [1.82, 2.24) is 14.9 Å². The summed E-state index contributed by atoms with van der Waals surface area (Å²) >= 11 is 0. The lowest BCUT2D eigenvalue weighted by Gasteiger charge is -2.28. The Labute approximate surface area is 183 Å². The molecule has 1 atom stereocenters. The molecule has 0 aliphatic heterocycles. The molecule has 31 heavy (non-hydrogen) atoms. The number of nitrogens with zero attached hydrogens (tertiary/aromatic N) is 3. The van der Waals surface area contributed by atoms with Crippen LogP contribution in [0.1, 0.15) is 29.4 Å². The van der Waals surface area contributed by atoms with E-state index in [2.05, 4.69) is 10.3 Å². The van der Waals surface area contributed by atoms with Crippen LogP contribution in [0.5, 0.6) is 0 Å². The fourth-order valence-electron chi connectivity index (χ4n) is 3.65. The van der Waals surface area contributed by atoms with Crippen LogP contribution in [0.25, 0.3) is 5.69 Å². The highest BCUT2D eigenvalue weighted by atomic mass is 32.2. The van der Waals surface area contributed by atoms with Crippen molar-refractivity contribution in [2.75, 3.05) is 10.6 Å². The van der Waals surface area contributed by atoms with Crippen molar-refractivity contribution in [3.8, 4) is 5.69 Å². The van der Waals surface area contributed by atoms with E-state index in [0.717, 1.165) is 34.5 Å². The number of hydrogen-bond acceptors (Lipinski definition) is 4. The molecular weight excluding hydrogens is 412 g/mol. The summed E-state index contributed by atoms with van der Waals surface area (Å²) in [5.41, 5.74) is 4.26. The van der Waals surface area contributed by atoms with Crippen LogP contribution in [0.15, 0.2) is 54.9 Å². The first kappa shape index (κ1) is 22.6. The number of benzene rings is 2. The summed E-state index contributed by atoms with van der Waals surface area (Å²) in [5.74, 6) is 0.529. The van der Waals surface area contributed by atoms with Gasteiger partial charge in [-0.15, -0.1) is 0 Å². The maximum Gasteiger partial charge on any atom is 0.243 e. The molecule has 0 radical (unpaired) electrons. The van der Waals surface area contributed by atoms with E-state index in [1.54, 1.807) is 25.3 Å². The van der Waals surface area contributed by atoms with Crippen LogP contribution in [0.4, 0.5) is 5.69 Å². The van der Waals surface area contributed by atoms with Gasteiger partial charge in [-0.2, -0.15) is 0 Å². The van der Waals surface area contributed by atoms with Crippen molar-refractivity contribution < 1.29 is 13.2 Å². The lowest BCUT2D eigenvalue weighted by atomic mass is 10.1. The molecule has 1 aromatic heterocycles. The summed E-state index contributed by atoms with van der Waals surface area (Å²) in [6.07, 6.45) is 4.75. The summed E-state index contributed by atoms with van der Waals surface area (Å²) in [6, 6.07) is 12.4. The minimum atomic E-state index is -3.65. The Bertz CT molecular complexity index is 1160. The first-order chi connectivity index (χ1) is 14.6. The SMILES string of the molecule is Cc1cc(C)cc(N([C@@H](C)C(=O)NCc2ccc(-n3ccnc3C)cc2)S(C)(=O)=O)c1. The molecular formula is C23H28N4O3S. The quantitative estimate of drug-likeness (QED) is 0.611. The van der Waals surface area contributed by atoms with E-state index in [4.69, 9.17) is 0 Å². The third-order valence-electron chi connectivity index (χ3n) is 5.06. The number of rotatable bonds is 7. The topological polar surface area (TPSA) is 84.3 Å². The van der Waals surface area contributed by atoms with Gasteiger partial charge in [-0.3, -0.25) is 9.10 Å². The molecule has 0 aliphatic carbocycles. The van der Waals surface area contributed by atoms with E-state index < -0.39 is 16.1 Å². The number of aryl methyl sites for hydroxylation is 3. The third kappa shape index (κ3) is 5.32. The maximum absolute atomic E-state index is 12.8. The monoisotopic (exact) mass is 440 g/mol. The second kappa shape index (κ2) is 8.93. The van der Waals surface area contributed by atoms with Crippen LogP contribution in [-0.4, -0.2) is 36.2 Å². The second-order valence-electron chi connectivity index (χ2n) is 7.81. The van der Waals surface area contributed by atoms with Crippen molar-refractivity contribution in [2.24, 2.45) is 0 Å². The normalized spacial score (nSPS) is 12.4. The number of nitrogens with one attached hydrogen (secondary N) is 1. The van der Waals surface area contributed by atoms with Gasteiger partial charge in [0.25, 0.3) is 0 Å². The van der Waals surface area contributed by atoms with E-state index in [1.165, 1.54) is 4.31 Å². The Balaban J connectivity index is 1.73. The Morgan fingerprint density at radius 2 is 1.71 bits per heavy atom. The molecule has 1 heterocycles. The van der Waals surface area contributed by atoms with Crippen molar-refractivity contribution in [2.45, 2.75) is 40.3 Å². The highest BCUT2D eigenvalue weighted by molar-refractivity contribution is 7.92. The lowest BCUT2D eigenvalue weighted by molar-refractivity contribution is -0.122. The second-order valence-corrected chi connectivity index (χ2v) is 9.67. The Hall–Kier alpha value is -3.13. The van der Waals surface area contributed by atoms with Crippen LogP contribution in [0.2, 0.25) is 0 Å². The summed E-state index contributed by atoms with van der Waals surface area (Å²) < 4.78 is 28.1. The fourth-order valence-corrected chi connectivity index (χ4v) is 4.81. The van der Waals surface area contributed by atoms with Crippen LogP contribution < -0.4 is 9.62 Å². The van der Waals surface area contributed by atoms with Gasteiger partial charge in [0.1, 0.15) is 11.9 Å². The molecule has 8 heteroatoms. The predicted molar refractivity (Wildman–Crippen MR) is 123 cm³/mol. The minimum absolute atomic E-state index is 0.302. The zero-order valence-corrected chi connectivity index (χ0v) is 19.3. The van der Waals surface area contributed by atoms with E-state index in [0.29, 0.717) is 12.2 Å². The van der Waals surface area contributed by atoms with Crippen molar-refractivity contribution >= 4 is 21.6 Å². The summed E-state index contributed by atoms with van der Waals surface area (Å²) in [6.45, 7) is 7.63. The van der Waals surface area contributed by atoms with Gasteiger partial charge >= 0.3 is 0 Å². The molecule has 2 aromatic carbocycles. The summed E-state index contributed by atoms with van der Waals surface area (Å²) in [4.78, 5) is 17.0. The maximum atomic E-state index is 12.8. The molecule has 7 nitrogen and oxygen atoms in total. The number of aromatic nitrogens is 2. The van der Waals surface area contributed by atoms with Gasteiger partial charge in [-0.1, -0.05) is 18.2 Å². The summed E-state index contributed by atoms with van der Waals surface area (Å²) in [7, 11) is -3.65. The van der Waals surface area contributed by atoms with Crippen LogP contribution in [0.3, 0.4) is 0 Å². The molecule has 3 aromatic rings. The fraction of sp³-hybridized carbons (Fsp3) is 0.304. The molecule has 0 spiro atoms. The molecule has 1 N–H and O–H groups in total. The largest absolute Gasteiger partial charge is 0.350 e. The van der Waals surface area contributed by atoms with E-state index in [1.807, 2.05) is 61.9 Å². The number of anilines is 1. The third-order valence-corrected chi connectivity index (χ3v) is 6.30. The van der Waals surface area contributed by atoms with Gasteiger partial charge < -0.3 is 9.88 Å². The lowest BCUT2D eigenvalue weighted by Crippen LogP contribution is -2.47. The molecule has 0 bridgehead atoms. The first-order valence-electron chi connectivity index (χ1n) is 10.0. The Morgan fingerprint density at radius 1 is 1.10 bits per heavy atom. The van der Waals surface area contributed by atoms with E-state index >= 15 is 0 Å². The number of imidazole rings is 1. The summed E-state index contributed by atoms with van der Waals surface area (Å²) in [5, 5.41) is 2.85. The number of carbonyl (C=O) groups excluding carboxylic acids is 1. The first-order valence-corrected chi connectivity index (χ1v) is 11.9. The Morgan fingerprint density at radius 3 is 2.23 bits per heavy atom. The smallest absolute Gasteiger partial charge is 0.243 e. The van der Waals surface area contributed by atoms with Crippen LogP contribution >= 0.6 is 0 Å². The number of sulfonamides is 1. The number of hydrogen-bond donors (Lipinski definition) is 1. The molecule has 164 valence electrons. The van der Waals surface area contributed by atoms with E-state index in [-0.39, 0.29) is 5.91 Å². The molecule has 3 rings (SSSR count). The molecule has 0 saturated heterocycles. The van der Waals surface area contributed by atoms with Gasteiger partial charge in [-0.05, 0) is 68.7 Å². The van der Waals surface area contributed by atoms with Gasteiger partial charge in [0, 0.05) is 24.6 Å². The highest BCUT2D eigenvalue weighted by Gasteiger charge is 2.29. The average Bonchev–Trinajstić information content (AvgIpc) is 3.10. The van der Waals surface area contributed by atoms with Gasteiger partial charge in [0.05, 0.1) is 11.9 Å². The molecule has 0 unspecified atom stereocenters. The minimum Gasteiger partial charge on any atom is -0.350 e. The van der Waals surface area contributed by atoms with E-state index in [9.17, 15) is 13.2 Å². The highest BCUT2D eigenvalue weighted by Crippen LogP contribution is 2.24. The van der Waals surface area contributed by atoms with Crippen LogP contribution in [0, 0.1) is 20.8 Å². The number of amides is 1. The molecule has 0 aliphatic rings. The standard InChI is InChI=1S/C23H28N4O3S/c1-16-12-17(2)14-22(13-16)27(31(5,29)30)18(3)23(28)25-15-20-6-8-21(9-7-20)26-11-10-24-19(26)4/h6-14,18H,15H2,1-5H3,(H,25,28)/t18-/m0/s1. The number of carbonyl (C=O) groups is 1. The van der Waals surface area contributed by atoms with Crippen LogP contribution in [-0.2, 0) is 21.4 Å². The molecule has 0 fully saturated rings. The predicted octanol–water partition coefficient (Wildman–Crippen LogP) is 3.27. The van der Waals surface area contributed by atoms with Crippen molar-refractivity contribution in [1.29, 1.82) is 0 Å². The zero-order chi connectivity index (χ0) is 22.8.